The first-order valence-electron chi connectivity index (χ1n) is 6.65. The Kier molecular flexibility index (Phi) is 4.73. The molecule has 98 valence electrons. The van der Waals surface area contributed by atoms with Gasteiger partial charge in [0.2, 0.25) is 0 Å². The fourth-order valence-electron chi connectivity index (χ4n) is 2.09. The van der Waals surface area contributed by atoms with E-state index in [-0.39, 0.29) is 0 Å². The molecule has 0 bridgehead atoms. The highest BCUT2D eigenvalue weighted by Gasteiger charge is 2.05. The van der Waals surface area contributed by atoms with E-state index in [2.05, 4.69) is 12.1 Å². The Bertz CT molecular complexity index is 534. The summed E-state index contributed by atoms with van der Waals surface area (Å²) in [7, 11) is 0. The third-order valence-corrected chi connectivity index (χ3v) is 3.26. The molecule has 2 aromatic rings. The van der Waals surface area contributed by atoms with Gasteiger partial charge in [0.25, 0.3) is 0 Å². The first-order chi connectivity index (χ1) is 9.25. The minimum Gasteiger partial charge on any atom is -0.399 e. The van der Waals surface area contributed by atoms with Crippen LogP contribution in [-0.4, -0.2) is 5.78 Å². The molecule has 0 atom stereocenters. The zero-order valence-corrected chi connectivity index (χ0v) is 11.0. The number of carbonyl (C=O) groups excluding carboxylic acids is 1. The van der Waals surface area contributed by atoms with Crippen LogP contribution in [0.4, 0.5) is 5.69 Å². The third-order valence-electron chi connectivity index (χ3n) is 3.26. The molecule has 2 rings (SSSR count). The third kappa shape index (κ3) is 4.25. The molecule has 19 heavy (non-hydrogen) atoms. The van der Waals surface area contributed by atoms with Gasteiger partial charge in [-0.2, -0.15) is 0 Å². The van der Waals surface area contributed by atoms with Crippen LogP contribution in [-0.2, 0) is 17.6 Å². The Labute approximate surface area is 114 Å². The number of para-hydroxylation sites is 1. The summed E-state index contributed by atoms with van der Waals surface area (Å²) in [5, 5.41) is 0. The van der Waals surface area contributed by atoms with E-state index in [9.17, 15) is 4.79 Å². The normalized spacial score (nSPS) is 10.3. The van der Waals surface area contributed by atoms with Crippen molar-refractivity contribution in [2.24, 2.45) is 0 Å². The number of aryl methyl sites for hydroxylation is 2. The first-order valence-corrected chi connectivity index (χ1v) is 6.65. The van der Waals surface area contributed by atoms with E-state index in [4.69, 9.17) is 5.73 Å². The number of rotatable bonds is 6. The molecule has 0 amide bonds. The van der Waals surface area contributed by atoms with Gasteiger partial charge in [-0.15, -0.1) is 0 Å². The number of carbonyl (C=O) groups is 1. The molecule has 0 aliphatic heterocycles. The van der Waals surface area contributed by atoms with Crippen LogP contribution in [0.25, 0.3) is 0 Å². The molecule has 0 fully saturated rings. The highest BCUT2D eigenvalue weighted by Crippen LogP contribution is 2.13. The Morgan fingerprint density at radius 3 is 2.21 bits per heavy atom. The van der Waals surface area contributed by atoms with Gasteiger partial charge >= 0.3 is 0 Å². The molecular formula is C17H19NO. The molecule has 2 N–H and O–H groups in total. The summed E-state index contributed by atoms with van der Waals surface area (Å²) in [4.78, 5) is 11.9. The topological polar surface area (TPSA) is 43.1 Å². The molecule has 0 radical (unpaired) electrons. The maximum absolute atomic E-state index is 11.9. The number of benzene rings is 2. The number of nitrogens with two attached hydrogens (primary N) is 1. The minimum absolute atomic E-state index is 0.298. The molecule has 0 saturated carbocycles. The SMILES string of the molecule is Nc1ccccc1CCC(=O)CCc1ccccc1. The Balaban J connectivity index is 1.78. The number of hydrogen-bond donors (Lipinski definition) is 1. The van der Waals surface area contributed by atoms with Crippen LogP contribution < -0.4 is 5.73 Å². The molecule has 0 unspecified atom stereocenters. The summed E-state index contributed by atoms with van der Waals surface area (Å²) < 4.78 is 0. The van der Waals surface area contributed by atoms with Crippen LogP contribution in [0.15, 0.2) is 54.6 Å². The van der Waals surface area contributed by atoms with Crippen molar-refractivity contribution < 1.29 is 4.79 Å². The molecule has 0 heterocycles. The lowest BCUT2D eigenvalue weighted by Gasteiger charge is -2.05. The van der Waals surface area contributed by atoms with Crippen LogP contribution in [0.2, 0.25) is 0 Å². The number of hydrogen-bond acceptors (Lipinski definition) is 2. The van der Waals surface area contributed by atoms with E-state index in [1.165, 1.54) is 5.56 Å². The Hall–Kier alpha value is -2.09. The van der Waals surface area contributed by atoms with Gasteiger partial charge in [-0.3, -0.25) is 4.79 Å². The largest absolute Gasteiger partial charge is 0.399 e. The second-order valence-corrected chi connectivity index (χ2v) is 4.72. The lowest BCUT2D eigenvalue weighted by molar-refractivity contribution is -0.119. The number of ketones is 1. The summed E-state index contributed by atoms with van der Waals surface area (Å²) >= 11 is 0. The number of anilines is 1. The van der Waals surface area contributed by atoms with Gasteiger partial charge in [0.1, 0.15) is 5.78 Å². The molecular weight excluding hydrogens is 234 g/mol. The van der Waals surface area contributed by atoms with Gasteiger partial charge in [0, 0.05) is 18.5 Å². The average molecular weight is 253 g/mol. The summed E-state index contributed by atoms with van der Waals surface area (Å²) in [5.74, 6) is 0.298. The van der Waals surface area contributed by atoms with Gasteiger partial charge in [0.05, 0.1) is 0 Å². The highest BCUT2D eigenvalue weighted by molar-refractivity contribution is 5.79. The van der Waals surface area contributed by atoms with Crippen molar-refractivity contribution in [3.05, 3.63) is 65.7 Å². The van der Waals surface area contributed by atoms with Crippen molar-refractivity contribution >= 4 is 11.5 Å². The van der Waals surface area contributed by atoms with Gasteiger partial charge in [0.15, 0.2) is 0 Å². The number of nitrogen functional groups attached to an aromatic ring is 1. The second-order valence-electron chi connectivity index (χ2n) is 4.72. The van der Waals surface area contributed by atoms with Gasteiger partial charge in [-0.05, 0) is 30.0 Å². The Morgan fingerprint density at radius 2 is 1.47 bits per heavy atom. The standard InChI is InChI=1S/C17H19NO/c18-17-9-5-4-8-15(17)11-13-16(19)12-10-14-6-2-1-3-7-14/h1-9H,10-13,18H2. The predicted octanol–water partition coefficient (Wildman–Crippen LogP) is 3.40. The van der Waals surface area contributed by atoms with Crippen LogP contribution in [0.1, 0.15) is 24.0 Å². The summed E-state index contributed by atoms with van der Waals surface area (Å²) in [6.45, 7) is 0. The van der Waals surface area contributed by atoms with E-state index in [0.717, 1.165) is 24.1 Å². The molecule has 0 aromatic heterocycles. The summed E-state index contributed by atoms with van der Waals surface area (Å²) in [6, 6.07) is 17.9. The monoisotopic (exact) mass is 253 g/mol. The van der Waals surface area contributed by atoms with Crippen molar-refractivity contribution in [2.75, 3.05) is 5.73 Å². The predicted molar refractivity (Wildman–Crippen MR) is 78.9 cm³/mol. The van der Waals surface area contributed by atoms with E-state index >= 15 is 0 Å². The van der Waals surface area contributed by atoms with Crippen LogP contribution in [0.3, 0.4) is 0 Å². The lowest BCUT2D eigenvalue weighted by atomic mass is 10.0. The van der Waals surface area contributed by atoms with Crippen molar-refractivity contribution in [2.45, 2.75) is 25.7 Å². The van der Waals surface area contributed by atoms with Crippen LogP contribution >= 0.6 is 0 Å². The molecule has 2 aromatic carbocycles. The van der Waals surface area contributed by atoms with Crippen molar-refractivity contribution in [1.82, 2.24) is 0 Å². The quantitative estimate of drug-likeness (QED) is 0.802. The summed E-state index contributed by atoms with van der Waals surface area (Å²) in [5.41, 5.74) is 8.92. The molecule has 0 aliphatic carbocycles. The zero-order chi connectivity index (χ0) is 13.5. The van der Waals surface area contributed by atoms with E-state index in [0.29, 0.717) is 18.6 Å². The zero-order valence-electron chi connectivity index (χ0n) is 11.0. The second kappa shape index (κ2) is 6.74. The van der Waals surface area contributed by atoms with Crippen LogP contribution in [0, 0.1) is 0 Å². The first kappa shape index (κ1) is 13.3. The smallest absolute Gasteiger partial charge is 0.133 e. The van der Waals surface area contributed by atoms with Crippen molar-refractivity contribution in [3.63, 3.8) is 0 Å². The van der Waals surface area contributed by atoms with E-state index in [1.54, 1.807) is 0 Å². The highest BCUT2D eigenvalue weighted by atomic mass is 16.1. The molecule has 0 aliphatic rings. The summed E-state index contributed by atoms with van der Waals surface area (Å²) in [6.07, 6.45) is 2.74. The van der Waals surface area contributed by atoms with Crippen LogP contribution in [0.5, 0.6) is 0 Å². The number of Topliss-reactive ketones (excluding diaryl/α,β-unsaturated/α-hetero) is 1. The lowest BCUT2D eigenvalue weighted by Crippen LogP contribution is -2.03. The molecule has 2 heteroatoms. The fourth-order valence-corrected chi connectivity index (χ4v) is 2.09. The maximum Gasteiger partial charge on any atom is 0.133 e. The van der Waals surface area contributed by atoms with E-state index in [1.807, 2.05) is 42.5 Å². The van der Waals surface area contributed by atoms with Crippen molar-refractivity contribution in [1.29, 1.82) is 0 Å². The maximum atomic E-state index is 11.9. The van der Waals surface area contributed by atoms with Gasteiger partial charge < -0.3 is 5.73 Å². The fraction of sp³-hybridized carbons (Fsp3) is 0.235. The molecule has 0 spiro atoms. The average Bonchev–Trinajstić information content (AvgIpc) is 2.45. The van der Waals surface area contributed by atoms with Gasteiger partial charge in [-0.1, -0.05) is 48.5 Å². The molecule has 2 nitrogen and oxygen atoms in total. The van der Waals surface area contributed by atoms with E-state index < -0.39 is 0 Å². The Morgan fingerprint density at radius 1 is 0.842 bits per heavy atom. The van der Waals surface area contributed by atoms with Gasteiger partial charge in [-0.25, -0.2) is 0 Å². The van der Waals surface area contributed by atoms with Crippen molar-refractivity contribution in [3.8, 4) is 0 Å². The molecule has 0 saturated heterocycles. The minimum atomic E-state index is 0.298.